The monoisotopic (exact) mass is 359 g/mol. The first-order valence-corrected chi connectivity index (χ1v) is 9.60. The molecule has 1 saturated heterocycles. The van der Waals surface area contributed by atoms with Gasteiger partial charge in [0.25, 0.3) is 5.91 Å². The number of carbonyl (C=O) groups excluding carboxylic acids is 1. The van der Waals surface area contributed by atoms with Crippen LogP contribution in [0.5, 0.6) is 0 Å². The van der Waals surface area contributed by atoms with E-state index in [1.807, 2.05) is 13.8 Å². The second kappa shape index (κ2) is 7.97. The highest BCUT2D eigenvalue weighted by molar-refractivity contribution is 7.13. The molecule has 3 rings (SSSR count). The van der Waals surface area contributed by atoms with Crippen molar-refractivity contribution in [1.29, 1.82) is 0 Å². The minimum Gasteiger partial charge on any atom is -0.378 e. The van der Waals surface area contributed by atoms with Crippen LogP contribution in [0.4, 0.5) is 5.69 Å². The number of nitrogens with zero attached hydrogens (tertiary/aromatic N) is 2. The number of anilines is 1. The van der Waals surface area contributed by atoms with Gasteiger partial charge in [-0.15, -0.1) is 11.3 Å². The Morgan fingerprint density at radius 1 is 1.32 bits per heavy atom. The van der Waals surface area contributed by atoms with Crippen LogP contribution in [0.3, 0.4) is 0 Å². The van der Waals surface area contributed by atoms with E-state index in [4.69, 9.17) is 4.74 Å². The molecule has 0 radical (unpaired) electrons. The van der Waals surface area contributed by atoms with Crippen LogP contribution in [0.2, 0.25) is 0 Å². The molecule has 0 spiro atoms. The molecule has 1 aliphatic rings. The Morgan fingerprint density at radius 3 is 2.60 bits per heavy atom. The second-order valence-corrected chi connectivity index (χ2v) is 7.35. The van der Waals surface area contributed by atoms with E-state index < -0.39 is 0 Å². The minimum absolute atomic E-state index is 0.0422. The van der Waals surface area contributed by atoms with Crippen LogP contribution in [-0.4, -0.2) is 37.2 Å². The molecule has 1 amide bonds. The Kier molecular flexibility index (Phi) is 5.71. The van der Waals surface area contributed by atoms with Crippen molar-refractivity contribution in [1.82, 2.24) is 10.3 Å². The maximum Gasteiger partial charge on any atom is 0.263 e. The summed E-state index contributed by atoms with van der Waals surface area (Å²) in [5.74, 6) is -0.0422. The van der Waals surface area contributed by atoms with Gasteiger partial charge in [-0.25, -0.2) is 4.98 Å². The van der Waals surface area contributed by atoms with Gasteiger partial charge in [0, 0.05) is 18.8 Å². The van der Waals surface area contributed by atoms with Crippen molar-refractivity contribution in [3.63, 3.8) is 0 Å². The third kappa shape index (κ3) is 4.19. The van der Waals surface area contributed by atoms with Crippen molar-refractivity contribution in [2.45, 2.75) is 33.2 Å². The van der Waals surface area contributed by atoms with Crippen molar-refractivity contribution >= 4 is 22.9 Å². The predicted octanol–water partition coefficient (Wildman–Crippen LogP) is 3.34. The zero-order chi connectivity index (χ0) is 17.8. The summed E-state index contributed by atoms with van der Waals surface area (Å²) in [5, 5.41) is 4.09. The summed E-state index contributed by atoms with van der Waals surface area (Å²) in [7, 11) is 0. The van der Waals surface area contributed by atoms with E-state index in [0.29, 0.717) is 4.88 Å². The molecule has 25 heavy (non-hydrogen) atoms. The molecule has 1 N–H and O–H groups in total. The number of carbonyl (C=O) groups is 1. The number of ether oxygens (including phenoxy) is 1. The van der Waals surface area contributed by atoms with E-state index in [-0.39, 0.29) is 11.9 Å². The molecule has 2 aromatic rings. The first-order valence-electron chi connectivity index (χ1n) is 8.78. The van der Waals surface area contributed by atoms with E-state index in [2.05, 4.69) is 46.4 Å². The molecular weight excluding hydrogens is 334 g/mol. The summed E-state index contributed by atoms with van der Waals surface area (Å²) in [5.41, 5.74) is 3.12. The first kappa shape index (κ1) is 17.9. The maximum absolute atomic E-state index is 12.5. The van der Waals surface area contributed by atoms with Gasteiger partial charge >= 0.3 is 0 Å². The zero-order valence-corrected chi connectivity index (χ0v) is 15.9. The molecule has 1 aliphatic heterocycles. The van der Waals surface area contributed by atoms with Crippen molar-refractivity contribution in [3.8, 4) is 0 Å². The fourth-order valence-electron chi connectivity index (χ4n) is 2.96. The van der Waals surface area contributed by atoms with Gasteiger partial charge in [0.05, 0.1) is 30.0 Å². The van der Waals surface area contributed by atoms with E-state index >= 15 is 0 Å². The standard InChI is InChI=1S/C19H25N3O2S/c1-4-17-20-14(3)18(25-17)19(23)21-13(2)15-5-7-16(8-6-15)22-9-11-24-12-10-22/h5-8,13H,4,9-12H2,1-3H3,(H,21,23). The number of morpholine rings is 1. The highest BCUT2D eigenvalue weighted by Crippen LogP contribution is 2.22. The zero-order valence-electron chi connectivity index (χ0n) is 15.0. The molecule has 2 heterocycles. The summed E-state index contributed by atoms with van der Waals surface area (Å²) in [4.78, 5) is 20.0. The van der Waals surface area contributed by atoms with Gasteiger partial charge in [0.15, 0.2) is 0 Å². The van der Waals surface area contributed by atoms with E-state index in [0.717, 1.165) is 49.0 Å². The Morgan fingerprint density at radius 2 is 2.00 bits per heavy atom. The highest BCUT2D eigenvalue weighted by Gasteiger charge is 2.18. The van der Waals surface area contributed by atoms with Gasteiger partial charge in [0.1, 0.15) is 4.88 Å². The SMILES string of the molecule is CCc1nc(C)c(C(=O)NC(C)c2ccc(N3CCOCC3)cc2)s1. The van der Waals surface area contributed by atoms with Crippen LogP contribution in [-0.2, 0) is 11.2 Å². The van der Waals surface area contributed by atoms with E-state index in [1.54, 1.807) is 0 Å². The summed E-state index contributed by atoms with van der Waals surface area (Å²) < 4.78 is 5.40. The summed E-state index contributed by atoms with van der Waals surface area (Å²) >= 11 is 1.48. The topological polar surface area (TPSA) is 54.5 Å². The highest BCUT2D eigenvalue weighted by atomic mass is 32.1. The van der Waals surface area contributed by atoms with Gasteiger partial charge in [-0.05, 0) is 38.0 Å². The third-order valence-corrected chi connectivity index (χ3v) is 5.77. The number of aryl methyl sites for hydroxylation is 2. The van der Waals surface area contributed by atoms with Crippen LogP contribution in [0, 0.1) is 6.92 Å². The quantitative estimate of drug-likeness (QED) is 0.890. The third-order valence-electron chi connectivity index (χ3n) is 4.47. The Hall–Kier alpha value is -1.92. The molecule has 0 aliphatic carbocycles. The van der Waals surface area contributed by atoms with Crippen LogP contribution in [0.1, 0.15) is 45.8 Å². The lowest BCUT2D eigenvalue weighted by Crippen LogP contribution is -2.36. The number of amides is 1. The molecule has 1 unspecified atom stereocenters. The van der Waals surface area contributed by atoms with Crippen LogP contribution in [0.25, 0.3) is 0 Å². The molecule has 1 fully saturated rings. The molecule has 1 atom stereocenters. The summed E-state index contributed by atoms with van der Waals surface area (Å²) in [6.07, 6.45) is 0.858. The first-order chi connectivity index (χ1) is 12.1. The molecule has 1 aromatic heterocycles. The summed E-state index contributed by atoms with van der Waals surface area (Å²) in [6, 6.07) is 8.38. The number of aromatic nitrogens is 1. The lowest BCUT2D eigenvalue weighted by molar-refractivity contribution is 0.0943. The lowest BCUT2D eigenvalue weighted by atomic mass is 10.1. The van der Waals surface area contributed by atoms with E-state index in [9.17, 15) is 4.79 Å². The van der Waals surface area contributed by atoms with Gasteiger partial charge in [-0.3, -0.25) is 4.79 Å². The average Bonchev–Trinajstić information content (AvgIpc) is 3.03. The number of thiazole rings is 1. The molecule has 6 heteroatoms. The van der Waals surface area contributed by atoms with E-state index in [1.165, 1.54) is 17.0 Å². The smallest absolute Gasteiger partial charge is 0.263 e. The Bertz CT molecular complexity index is 721. The predicted molar refractivity (Wildman–Crippen MR) is 102 cm³/mol. The number of rotatable bonds is 5. The molecule has 0 bridgehead atoms. The fourth-order valence-corrected chi connectivity index (χ4v) is 3.86. The van der Waals surface area contributed by atoms with Crippen molar-refractivity contribution < 1.29 is 9.53 Å². The van der Waals surface area contributed by atoms with Crippen molar-refractivity contribution in [2.75, 3.05) is 31.2 Å². The number of hydrogen-bond donors (Lipinski definition) is 1. The molecule has 5 nitrogen and oxygen atoms in total. The average molecular weight is 359 g/mol. The number of benzene rings is 1. The lowest BCUT2D eigenvalue weighted by Gasteiger charge is -2.29. The Balaban J connectivity index is 1.65. The Labute approximate surface area is 153 Å². The normalized spacial score (nSPS) is 15.9. The maximum atomic E-state index is 12.5. The molecule has 1 aromatic carbocycles. The van der Waals surface area contributed by atoms with Crippen LogP contribution >= 0.6 is 11.3 Å². The molecule has 0 saturated carbocycles. The van der Waals surface area contributed by atoms with Crippen molar-refractivity contribution in [2.24, 2.45) is 0 Å². The van der Waals surface area contributed by atoms with Gasteiger partial charge in [-0.1, -0.05) is 19.1 Å². The molecular formula is C19H25N3O2S. The second-order valence-electron chi connectivity index (χ2n) is 6.26. The minimum atomic E-state index is -0.0437. The number of hydrogen-bond acceptors (Lipinski definition) is 5. The van der Waals surface area contributed by atoms with Gasteiger partial charge < -0.3 is 15.0 Å². The fraction of sp³-hybridized carbons (Fsp3) is 0.474. The van der Waals surface area contributed by atoms with Crippen molar-refractivity contribution in [3.05, 3.63) is 45.4 Å². The van der Waals surface area contributed by atoms with Crippen LogP contribution in [0.15, 0.2) is 24.3 Å². The van der Waals surface area contributed by atoms with Crippen LogP contribution < -0.4 is 10.2 Å². The number of nitrogens with one attached hydrogen (secondary N) is 1. The van der Waals surface area contributed by atoms with Gasteiger partial charge in [-0.2, -0.15) is 0 Å². The van der Waals surface area contributed by atoms with Gasteiger partial charge in [0.2, 0.25) is 0 Å². The largest absolute Gasteiger partial charge is 0.378 e. The summed E-state index contributed by atoms with van der Waals surface area (Å²) in [6.45, 7) is 9.38. The molecule has 134 valence electrons.